The number of nitrogens with one attached hydrogen (secondary N) is 1. The van der Waals surface area contributed by atoms with Gasteiger partial charge in [-0.25, -0.2) is 4.98 Å². The molecule has 1 aromatic heterocycles. The number of carbonyl (C=O) groups is 1. The lowest BCUT2D eigenvalue weighted by Gasteiger charge is -2.07. The first-order valence-corrected chi connectivity index (χ1v) is 6.47. The van der Waals surface area contributed by atoms with Gasteiger partial charge < -0.3 is 10.1 Å². The van der Waals surface area contributed by atoms with Crippen molar-refractivity contribution in [1.82, 2.24) is 4.98 Å². The van der Waals surface area contributed by atoms with Crippen LogP contribution in [-0.2, 0) is 0 Å². The van der Waals surface area contributed by atoms with E-state index in [-0.39, 0.29) is 5.91 Å². The lowest BCUT2D eigenvalue weighted by molar-refractivity contribution is 0.102. The van der Waals surface area contributed by atoms with Gasteiger partial charge in [0.05, 0.1) is 19.0 Å². The van der Waals surface area contributed by atoms with Gasteiger partial charge in [0.2, 0.25) is 5.88 Å². The third kappa shape index (κ3) is 3.32. The fourth-order valence-corrected chi connectivity index (χ4v) is 1.81. The zero-order chi connectivity index (χ0) is 13.8. The summed E-state index contributed by atoms with van der Waals surface area (Å²) in [6.07, 6.45) is 1.56. The van der Waals surface area contributed by atoms with Crippen molar-refractivity contribution >= 4 is 27.5 Å². The molecule has 5 heteroatoms. The number of anilines is 1. The number of hydrogen-bond acceptors (Lipinski definition) is 3. The Kier molecular flexibility index (Phi) is 4.16. The summed E-state index contributed by atoms with van der Waals surface area (Å²) < 4.78 is 5.94. The van der Waals surface area contributed by atoms with Crippen LogP contribution in [0.25, 0.3) is 0 Å². The molecule has 0 radical (unpaired) electrons. The Morgan fingerprint density at radius 2 is 2.11 bits per heavy atom. The lowest BCUT2D eigenvalue weighted by atomic mass is 10.1. The molecule has 0 fully saturated rings. The standard InChI is InChI=1S/C14H13BrN2O2/c1-9-7-10(3-5-12(9)15)14(18)17-11-4-6-13(19-2)16-8-11/h3-8H,1-2H3,(H,17,18). The second-order valence-corrected chi connectivity index (χ2v) is 4.86. The van der Waals surface area contributed by atoms with E-state index < -0.39 is 0 Å². The molecule has 0 atom stereocenters. The molecule has 98 valence electrons. The summed E-state index contributed by atoms with van der Waals surface area (Å²) >= 11 is 3.41. The number of amides is 1. The van der Waals surface area contributed by atoms with Crippen molar-refractivity contribution in [2.75, 3.05) is 12.4 Å². The molecule has 1 N–H and O–H groups in total. The van der Waals surface area contributed by atoms with E-state index in [4.69, 9.17) is 4.74 Å². The van der Waals surface area contributed by atoms with Gasteiger partial charge in [0.25, 0.3) is 5.91 Å². The summed E-state index contributed by atoms with van der Waals surface area (Å²) in [7, 11) is 1.55. The maximum Gasteiger partial charge on any atom is 0.255 e. The van der Waals surface area contributed by atoms with Crippen molar-refractivity contribution < 1.29 is 9.53 Å². The maximum absolute atomic E-state index is 12.0. The van der Waals surface area contributed by atoms with E-state index in [9.17, 15) is 4.79 Å². The number of methoxy groups -OCH3 is 1. The largest absolute Gasteiger partial charge is 0.481 e. The van der Waals surface area contributed by atoms with Gasteiger partial charge in [0.15, 0.2) is 0 Å². The highest BCUT2D eigenvalue weighted by atomic mass is 79.9. The first-order valence-electron chi connectivity index (χ1n) is 5.67. The van der Waals surface area contributed by atoms with Gasteiger partial charge in [-0.05, 0) is 36.8 Å². The monoisotopic (exact) mass is 320 g/mol. The van der Waals surface area contributed by atoms with E-state index in [0.717, 1.165) is 10.0 Å². The number of halogens is 1. The Labute approximate surface area is 119 Å². The molecule has 0 aliphatic rings. The van der Waals surface area contributed by atoms with Gasteiger partial charge in [-0.2, -0.15) is 0 Å². The van der Waals surface area contributed by atoms with Crippen LogP contribution in [0.15, 0.2) is 41.0 Å². The Hall–Kier alpha value is -1.88. The number of carbonyl (C=O) groups excluding carboxylic acids is 1. The first-order chi connectivity index (χ1) is 9.10. The molecule has 2 rings (SSSR count). The number of pyridine rings is 1. The molecular formula is C14H13BrN2O2. The fourth-order valence-electron chi connectivity index (χ4n) is 1.56. The molecule has 0 aliphatic heterocycles. The van der Waals surface area contributed by atoms with Crippen LogP contribution in [0.5, 0.6) is 5.88 Å². The van der Waals surface area contributed by atoms with Crippen LogP contribution < -0.4 is 10.1 Å². The van der Waals surface area contributed by atoms with Crippen molar-refractivity contribution in [1.29, 1.82) is 0 Å². The third-order valence-electron chi connectivity index (χ3n) is 2.62. The number of aromatic nitrogens is 1. The van der Waals surface area contributed by atoms with Gasteiger partial charge >= 0.3 is 0 Å². The van der Waals surface area contributed by atoms with Gasteiger partial charge in [-0.3, -0.25) is 4.79 Å². The average molecular weight is 321 g/mol. The Bertz CT molecular complexity index is 597. The van der Waals surface area contributed by atoms with Crippen molar-refractivity contribution in [2.45, 2.75) is 6.92 Å². The molecule has 0 spiro atoms. The molecule has 19 heavy (non-hydrogen) atoms. The summed E-state index contributed by atoms with van der Waals surface area (Å²) in [6, 6.07) is 8.90. The first kappa shape index (κ1) is 13.5. The second-order valence-electron chi connectivity index (χ2n) is 4.01. The van der Waals surface area contributed by atoms with Gasteiger partial charge in [-0.1, -0.05) is 15.9 Å². The molecule has 1 aromatic carbocycles. The second kappa shape index (κ2) is 5.84. The van der Waals surface area contributed by atoms with Gasteiger partial charge in [-0.15, -0.1) is 0 Å². The molecule has 0 aliphatic carbocycles. The minimum atomic E-state index is -0.164. The van der Waals surface area contributed by atoms with E-state index in [0.29, 0.717) is 17.1 Å². The summed E-state index contributed by atoms with van der Waals surface area (Å²) in [5, 5.41) is 2.78. The van der Waals surface area contributed by atoms with Crippen LogP contribution in [0, 0.1) is 6.92 Å². The normalized spacial score (nSPS) is 10.1. The summed E-state index contributed by atoms with van der Waals surface area (Å²) in [4.78, 5) is 16.1. The molecule has 1 amide bonds. The minimum absolute atomic E-state index is 0.164. The minimum Gasteiger partial charge on any atom is -0.481 e. The zero-order valence-electron chi connectivity index (χ0n) is 10.6. The van der Waals surface area contributed by atoms with Crippen molar-refractivity contribution in [2.24, 2.45) is 0 Å². The Morgan fingerprint density at radius 3 is 2.68 bits per heavy atom. The Balaban J connectivity index is 2.13. The van der Waals surface area contributed by atoms with E-state index in [2.05, 4.69) is 26.2 Å². The molecule has 0 saturated carbocycles. The molecule has 0 saturated heterocycles. The molecule has 1 heterocycles. The highest BCUT2D eigenvalue weighted by molar-refractivity contribution is 9.10. The predicted octanol–water partition coefficient (Wildman–Crippen LogP) is 3.41. The van der Waals surface area contributed by atoms with Gasteiger partial charge in [0.1, 0.15) is 0 Å². The number of rotatable bonds is 3. The molecule has 0 unspecified atom stereocenters. The highest BCUT2D eigenvalue weighted by Gasteiger charge is 2.07. The van der Waals surface area contributed by atoms with E-state index in [1.165, 1.54) is 0 Å². The number of ether oxygens (including phenoxy) is 1. The van der Waals surface area contributed by atoms with E-state index in [1.807, 2.05) is 19.1 Å². The Morgan fingerprint density at radius 1 is 1.32 bits per heavy atom. The van der Waals surface area contributed by atoms with Crippen LogP contribution in [0.3, 0.4) is 0 Å². The molecule has 0 bridgehead atoms. The number of nitrogens with zero attached hydrogens (tertiary/aromatic N) is 1. The van der Waals surface area contributed by atoms with E-state index >= 15 is 0 Å². The van der Waals surface area contributed by atoms with Crippen molar-refractivity contribution in [3.8, 4) is 5.88 Å². The number of hydrogen-bond donors (Lipinski definition) is 1. The van der Waals surface area contributed by atoms with Crippen LogP contribution in [0.4, 0.5) is 5.69 Å². The third-order valence-corrected chi connectivity index (χ3v) is 3.51. The van der Waals surface area contributed by atoms with Crippen molar-refractivity contribution in [3.05, 3.63) is 52.1 Å². The zero-order valence-corrected chi connectivity index (χ0v) is 12.2. The highest BCUT2D eigenvalue weighted by Crippen LogP contribution is 2.18. The average Bonchev–Trinajstić information content (AvgIpc) is 2.42. The molecule has 2 aromatic rings. The summed E-state index contributed by atoms with van der Waals surface area (Å²) in [6.45, 7) is 1.94. The molecular weight excluding hydrogens is 308 g/mol. The van der Waals surface area contributed by atoms with Crippen LogP contribution >= 0.6 is 15.9 Å². The summed E-state index contributed by atoms with van der Waals surface area (Å²) in [5.41, 5.74) is 2.25. The fraction of sp³-hybridized carbons (Fsp3) is 0.143. The predicted molar refractivity (Wildman–Crippen MR) is 77.6 cm³/mol. The van der Waals surface area contributed by atoms with Gasteiger partial charge in [0, 0.05) is 16.1 Å². The number of aryl methyl sites for hydroxylation is 1. The van der Waals surface area contributed by atoms with Crippen LogP contribution in [0.1, 0.15) is 15.9 Å². The maximum atomic E-state index is 12.0. The SMILES string of the molecule is COc1ccc(NC(=O)c2ccc(Br)c(C)c2)cn1. The molecule has 4 nitrogen and oxygen atoms in total. The summed E-state index contributed by atoms with van der Waals surface area (Å²) in [5.74, 6) is 0.347. The smallest absolute Gasteiger partial charge is 0.255 e. The van der Waals surface area contributed by atoms with Crippen molar-refractivity contribution in [3.63, 3.8) is 0 Å². The van der Waals surface area contributed by atoms with Crippen LogP contribution in [0.2, 0.25) is 0 Å². The topological polar surface area (TPSA) is 51.2 Å². The van der Waals surface area contributed by atoms with E-state index in [1.54, 1.807) is 31.5 Å². The lowest BCUT2D eigenvalue weighted by Crippen LogP contribution is -2.12. The van der Waals surface area contributed by atoms with Crippen LogP contribution in [-0.4, -0.2) is 18.0 Å². The number of benzene rings is 1. The quantitative estimate of drug-likeness (QED) is 0.942.